The third-order valence-electron chi connectivity index (χ3n) is 3.34. The van der Waals surface area contributed by atoms with Crippen LogP contribution in [0.15, 0.2) is 29.2 Å². The standard InChI is InChI=1S/C13H15NO5S/c1-9(15)10-4-2-5-11(8-10)20(18,19)14-7-3-6-12(14)13(16)17/h2,4-5,8,12H,3,6-7H2,1H3,(H,16,17). The Balaban J connectivity index is 2.42. The summed E-state index contributed by atoms with van der Waals surface area (Å²) < 4.78 is 25.9. The van der Waals surface area contributed by atoms with Gasteiger partial charge in [-0.25, -0.2) is 8.42 Å². The van der Waals surface area contributed by atoms with Gasteiger partial charge in [0.15, 0.2) is 5.78 Å². The molecule has 1 aromatic carbocycles. The topological polar surface area (TPSA) is 91.8 Å². The lowest BCUT2D eigenvalue weighted by Gasteiger charge is -2.21. The molecule has 0 spiro atoms. The van der Waals surface area contributed by atoms with Crippen LogP contribution in [0.25, 0.3) is 0 Å². The minimum Gasteiger partial charge on any atom is -0.480 e. The van der Waals surface area contributed by atoms with E-state index in [4.69, 9.17) is 5.11 Å². The average Bonchev–Trinajstić information content (AvgIpc) is 2.89. The molecule has 0 amide bonds. The predicted octanol–water partition coefficient (Wildman–Crippen LogP) is 1.13. The molecular formula is C13H15NO5S. The van der Waals surface area contributed by atoms with E-state index in [-0.39, 0.29) is 22.8 Å². The molecule has 2 rings (SSSR count). The first kappa shape index (κ1) is 14.7. The average molecular weight is 297 g/mol. The molecule has 0 bridgehead atoms. The summed E-state index contributed by atoms with van der Waals surface area (Å²) in [6.45, 7) is 1.53. The molecule has 0 saturated carbocycles. The number of aliphatic carboxylic acids is 1. The maximum atomic E-state index is 12.5. The monoisotopic (exact) mass is 297 g/mol. The smallest absolute Gasteiger partial charge is 0.322 e. The Morgan fingerprint density at radius 2 is 2.05 bits per heavy atom. The van der Waals surface area contributed by atoms with Gasteiger partial charge in [0, 0.05) is 12.1 Å². The van der Waals surface area contributed by atoms with E-state index in [9.17, 15) is 18.0 Å². The van der Waals surface area contributed by atoms with Gasteiger partial charge < -0.3 is 5.11 Å². The minimum atomic E-state index is -3.89. The fourth-order valence-corrected chi connectivity index (χ4v) is 3.98. The molecule has 1 aliphatic heterocycles. The van der Waals surface area contributed by atoms with E-state index < -0.39 is 22.0 Å². The molecule has 7 heteroatoms. The van der Waals surface area contributed by atoms with Crippen LogP contribution >= 0.6 is 0 Å². The highest BCUT2D eigenvalue weighted by molar-refractivity contribution is 7.89. The number of ketones is 1. The molecule has 6 nitrogen and oxygen atoms in total. The Morgan fingerprint density at radius 1 is 1.35 bits per heavy atom. The van der Waals surface area contributed by atoms with E-state index in [1.54, 1.807) is 0 Å². The van der Waals surface area contributed by atoms with Gasteiger partial charge in [-0.05, 0) is 31.9 Å². The van der Waals surface area contributed by atoms with Crippen LogP contribution in [0.2, 0.25) is 0 Å². The van der Waals surface area contributed by atoms with Crippen molar-refractivity contribution in [3.8, 4) is 0 Å². The quantitative estimate of drug-likeness (QED) is 0.841. The van der Waals surface area contributed by atoms with Crippen molar-refractivity contribution in [1.82, 2.24) is 4.31 Å². The molecule has 0 radical (unpaired) electrons. The summed E-state index contributed by atoms with van der Waals surface area (Å²) in [5.74, 6) is -1.38. The van der Waals surface area contributed by atoms with Crippen LogP contribution in [-0.4, -0.2) is 42.2 Å². The fraction of sp³-hybridized carbons (Fsp3) is 0.385. The number of nitrogens with zero attached hydrogens (tertiary/aromatic N) is 1. The van der Waals surface area contributed by atoms with E-state index >= 15 is 0 Å². The molecule has 1 fully saturated rings. The maximum Gasteiger partial charge on any atom is 0.322 e. The molecule has 0 aromatic heterocycles. The molecule has 1 saturated heterocycles. The Kier molecular flexibility index (Phi) is 3.92. The van der Waals surface area contributed by atoms with Crippen LogP contribution in [0.5, 0.6) is 0 Å². The summed E-state index contributed by atoms with van der Waals surface area (Å²) in [5, 5.41) is 9.08. The molecule has 0 aliphatic carbocycles. The number of rotatable bonds is 4. The molecular weight excluding hydrogens is 282 g/mol. The predicted molar refractivity (Wildman–Crippen MR) is 71.0 cm³/mol. The number of carboxylic acids is 1. The lowest BCUT2D eigenvalue weighted by molar-refractivity contribution is -0.140. The van der Waals surface area contributed by atoms with Crippen LogP contribution in [0.3, 0.4) is 0 Å². The van der Waals surface area contributed by atoms with Gasteiger partial charge in [-0.3, -0.25) is 9.59 Å². The number of Topliss-reactive ketones (excluding diaryl/α,β-unsaturated/α-hetero) is 1. The number of carbonyl (C=O) groups is 2. The van der Waals surface area contributed by atoms with Gasteiger partial charge in [0.05, 0.1) is 4.90 Å². The van der Waals surface area contributed by atoms with Crippen LogP contribution in [0.4, 0.5) is 0 Å². The second-order valence-corrected chi connectivity index (χ2v) is 6.59. The second-order valence-electron chi connectivity index (χ2n) is 4.70. The Morgan fingerprint density at radius 3 is 2.65 bits per heavy atom. The Hall–Kier alpha value is -1.73. The maximum absolute atomic E-state index is 12.5. The van der Waals surface area contributed by atoms with E-state index in [0.29, 0.717) is 12.8 Å². The van der Waals surface area contributed by atoms with E-state index in [1.807, 2.05) is 0 Å². The summed E-state index contributed by atoms with van der Waals surface area (Å²) in [4.78, 5) is 22.4. The first-order valence-corrected chi connectivity index (χ1v) is 7.63. The number of carboxylic acid groups (broad SMARTS) is 1. The van der Waals surface area contributed by atoms with Gasteiger partial charge in [-0.15, -0.1) is 0 Å². The van der Waals surface area contributed by atoms with Gasteiger partial charge in [0.2, 0.25) is 10.0 Å². The van der Waals surface area contributed by atoms with Crippen molar-refractivity contribution in [2.45, 2.75) is 30.7 Å². The van der Waals surface area contributed by atoms with Gasteiger partial charge >= 0.3 is 5.97 Å². The van der Waals surface area contributed by atoms with E-state index in [0.717, 1.165) is 4.31 Å². The molecule has 20 heavy (non-hydrogen) atoms. The number of hydrogen-bond donors (Lipinski definition) is 1. The Labute approximate surface area is 117 Å². The van der Waals surface area contributed by atoms with Gasteiger partial charge in [0.25, 0.3) is 0 Å². The third kappa shape index (κ3) is 2.59. The van der Waals surface area contributed by atoms with E-state index in [2.05, 4.69) is 0 Å². The van der Waals surface area contributed by atoms with Crippen molar-refractivity contribution in [1.29, 1.82) is 0 Å². The second kappa shape index (κ2) is 5.34. The normalized spacial score (nSPS) is 19.9. The van der Waals surface area contributed by atoms with Crippen LogP contribution in [-0.2, 0) is 14.8 Å². The van der Waals surface area contributed by atoms with Crippen LogP contribution in [0, 0.1) is 0 Å². The molecule has 1 N–H and O–H groups in total. The van der Waals surface area contributed by atoms with Crippen LogP contribution in [0.1, 0.15) is 30.1 Å². The molecule has 1 atom stereocenters. The van der Waals surface area contributed by atoms with Gasteiger partial charge in [-0.1, -0.05) is 12.1 Å². The summed E-state index contributed by atoms with van der Waals surface area (Å²) in [7, 11) is -3.89. The molecule has 108 valence electrons. The van der Waals surface area contributed by atoms with Gasteiger partial charge in [-0.2, -0.15) is 4.31 Å². The molecule has 1 unspecified atom stereocenters. The highest BCUT2D eigenvalue weighted by atomic mass is 32.2. The first-order valence-electron chi connectivity index (χ1n) is 6.19. The number of hydrogen-bond acceptors (Lipinski definition) is 4. The number of sulfonamides is 1. The zero-order valence-corrected chi connectivity index (χ0v) is 11.8. The third-order valence-corrected chi connectivity index (χ3v) is 5.24. The zero-order chi connectivity index (χ0) is 14.9. The largest absolute Gasteiger partial charge is 0.480 e. The van der Waals surface area contributed by atoms with Crippen molar-refractivity contribution >= 4 is 21.8 Å². The van der Waals surface area contributed by atoms with Crippen molar-refractivity contribution in [2.75, 3.05) is 6.54 Å². The van der Waals surface area contributed by atoms with E-state index in [1.165, 1.54) is 31.2 Å². The molecule has 1 heterocycles. The summed E-state index contributed by atoms with van der Waals surface area (Å²) >= 11 is 0. The Bertz CT molecular complexity index is 652. The van der Waals surface area contributed by atoms with Crippen molar-refractivity contribution in [3.63, 3.8) is 0 Å². The lowest BCUT2D eigenvalue weighted by atomic mass is 10.2. The highest BCUT2D eigenvalue weighted by Crippen LogP contribution is 2.26. The lowest BCUT2D eigenvalue weighted by Crippen LogP contribution is -2.40. The number of carbonyl (C=O) groups excluding carboxylic acids is 1. The van der Waals surface area contributed by atoms with Gasteiger partial charge in [0.1, 0.15) is 6.04 Å². The highest BCUT2D eigenvalue weighted by Gasteiger charge is 2.39. The number of benzene rings is 1. The first-order chi connectivity index (χ1) is 9.34. The van der Waals surface area contributed by atoms with Crippen molar-refractivity contribution in [3.05, 3.63) is 29.8 Å². The molecule has 1 aromatic rings. The van der Waals surface area contributed by atoms with Crippen molar-refractivity contribution < 1.29 is 23.1 Å². The zero-order valence-electron chi connectivity index (χ0n) is 10.9. The molecule has 1 aliphatic rings. The summed E-state index contributed by atoms with van der Waals surface area (Å²) in [6.07, 6.45) is 0.823. The summed E-state index contributed by atoms with van der Waals surface area (Å²) in [6, 6.07) is 4.64. The van der Waals surface area contributed by atoms with Crippen LogP contribution < -0.4 is 0 Å². The minimum absolute atomic E-state index is 0.0432. The van der Waals surface area contributed by atoms with Crippen molar-refractivity contribution in [2.24, 2.45) is 0 Å². The summed E-state index contributed by atoms with van der Waals surface area (Å²) in [5.41, 5.74) is 0.289. The fourth-order valence-electron chi connectivity index (χ4n) is 2.29. The SMILES string of the molecule is CC(=O)c1cccc(S(=O)(=O)N2CCCC2C(=O)O)c1.